The molecule has 0 aliphatic heterocycles. The Balaban J connectivity index is 2.01. The number of nitro groups is 1. The second-order valence-electron chi connectivity index (χ2n) is 7.31. The van der Waals surface area contributed by atoms with Gasteiger partial charge in [-0.3, -0.25) is 24.0 Å². The molecule has 1 aromatic heterocycles. The predicted molar refractivity (Wildman–Crippen MR) is 125 cm³/mol. The number of sulfonamides is 1. The Morgan fingerprint density at radius 1 is 1.28 bits per heavy atom. The molecule has 170 valence electrons. The minimum Gasteiger partial charge on any atom is -0.324 e. The number of carbonyl (C=O) groups is 1. The fourth-order valence-electron chi connectivity index (χ4n) is 3.42. The van der Waals surface area contributed by atoms with Crippen LogP contribution < -0.4 is 14.5 Å². The third-order valence-corrected chi connectivity index (χ3v) is 7.19. The van der Waals surface area contributed by atoms with Crippen molar-refractivity contribution >= 4 is 54.5 Å². The Bertz CT molecular complexity index is 1380. The first kappa shape index (κ1) is 23.4. The standard InChI is InChI=1S/C20H22N4O6S2/c1-5-15(19(25)21-13-7-9-16-18(10-13)31-20(26)22(16)3)23(32(4,29)30)17-11-14(24(27)28)8-6-12(17)2/h6-11,15H,5H2,1-4H3,(H,21,25). The lowest BCUT2D eigenvalue weighted by Gasteiger charge is -2.31. The normalized spacial score (nSPS) is 12.5. The van der Waals surface area contributed by atoms with E-state index < -0.39 is 26.9 Å². The van der Waals surface area contributed by atoms with Gasteiger partial charge in [0.1, 0.15) is 6.04 Å². The summed E-state index contributed by atoms with van der Waals surface area (Å²) in [4.78, 5) is 35.5. The van der Waals surface area contributed by atoms with Gasteiger partial charge >= 0.3 is 4.87 Å². The Morgan fingerprint density at radius 2 is 1.97 bits per heavy atom. The van der Waals surface area contributed by atoms with Gasteiger partial charge in [-0.15, -0.1) is 0 Å². The number of nitrogens with zero attached hydrogens (tertiary/aromatic N) is 3. The zero-order valence-electron chi connectivity index (χ0n) is 17.9. The Hall–Kier alpha value is -3.25. The van der Waals surface area contributed by atoms with Gasteiger partial charge in [0.2, 0.25) is 15.9 Å². The van der Waals surface area contributed by atoms with Crippen LogP contribution in [0.4, 0.5) is 17.1 Å². The molecule has 12 heteroatoms. The summed E-state index contributed by atoms with van der Waals surface area (Å²) in [5.74, 6) is -0.591. The number of carbonyl (C=O) groups excluding carboxylic acids is 1. The number of thiazole rings is 1. The molecule has 0 spiro atoms. The van der Waals surface area contributed by atoms with E-state index in [9.17, 15) is 28.1 Å². The average molecular weight is 479 g/mol. The predicted octanol–water partition coefficient (Wildman–Crippen LogP) is 3.00. The molecule has 2 aromatic carbocycles. The highest BCUT2D eigenvalue weighted by molar-refractivity contribution is 7.92. The van der Waals surface area contributed by atoms with E-state index in [1.54, 1.807) is 39.1 Å². The molecule has 1 atom stereocenters. The second kappa shape index (κ2) is 8.71. The lowest BCUT2D eigenvalue weighted by Crippen LogP contribution is -2.47. The van der Waals surface area contributed by atoms with E-state index in [0.29, 0.717) is 16.0 Å². The van der Waals surface area contributed by atoms with E-state index >= 15 is 0 Å². The van der Waals surface area contributed by atoms with Crippen LogP contribution in [0.2, 0.25) is 0 Å². The van der Waals surface area contributed by atoms with E-state index in [0.717, 1.165) is 33.5 Å². The number of aryl methyl sites for hydroxylation is 2. The number of hydrogen-bond acceptors (Lipinski definition) is 7. The zero-order chi connectivity index (χ0) is 23.8. The highest BCUT2D eigenvalue weighted by Gasteiger charge is 2.33. The van der Waals surface area contributed by atoms with Crippen LogP contribution in [0.25, 0.3) is 10.2 Å². The number of anilines is 2. The zero-order valence-corrected chi connectivity index (χ0v) is 19.5. The molecular formula is C20H22N4O6S2. The van der Waals surface area contributed by atoms with Crippen molar-refractivity contribution in [3.05, 3.63) is 61.7 Å². The number of nitro benzene ring substituents is 1. The van der Waals surface area contributed by atoms with Crippen molar-refractivity contribution in [3.63, 3.8) is 0 Å². The molecule has 0 aliphatic rings. The van der Waals surface area contributed by atoms with Gasteiger partial charge < -0.3 is 9.88 Å². The van der Waals surface area contributed by atoms with Crippen molar-refractivity contribution in [1.82, 2.24) is 4.57 Å². The molecule has 0 bridgehead atoms. The van der Waals surface area contributed by atoms with Gasteiger partial charge in [0.05, 0.1) is 27.1 Å². The molecular weight excluding hydrogens is 456 g/mol. The van der Waals surface area contributed by atoms with Crippen LogP contribution in [0.1, 0.15) is 18.9 Å². The van der Waals surface area contributed by atoms with E-state index in [-0.39, 0.29) is 22.7 Å². The number of nitrogens with one attached hydrogen (secondary N) is 1. The first-order valence-corrected chi connectivity index (χ1v) is 12.3. The average Bonchev–Trinajstić information content (AvgIpc) is 2.98. The molecule has 32 heavy (non-hydrogen) atoms. The Labute approximate surface area is 188 Å². The smallest absolute Gasteiger partial charge is 0.307 e. The number of non-ortho nitro benzene ring substituents is 1. The Kier molecular flexibility index (Phi) is 6.37. The van der Waals surface area contributed by atoms with Crippen molar-refractivity contribution < 1.29 is 18.1 Å². The number of fused-ring (bicyclic) bond motifs is 1. The molecule has 3 rings (SSSR count). The van der Waals surface area contributed by atoms with Crippen LogP contribution in [0.15, 0.2) is 41.2 Å². The minimum atomic E-state index is -3.96. The molecule has 0 saturated heterocycles. The van der Waals surface area contributed by atoms with Crippen molar-refractivity contribution in [2.75, 3.05) is 15.9 Å². The number of benzene rings is 2. The second-order valence-corrected chi connectivity index (χ2v) is 10.2. The summed E-state index contributed by atoms with van der Waals surface area (Å²) in [6.07, 6.45) is 1.08. The van der Waals surface area contributed by atoms with Gasteiger partial charge in [0, 0.05) is 24.9 Å². The third kappa shape index (κ3) is 4.50. The Morgan fingerprint density at radius 3 is 2.56 bits per heavy atom. The number of hydrogen-bond donors (Lipinski definition) is 1. The van der Waals surface area contributed by atoms with Gasteiger partial charge in [0.25, 0.3) is 5.69 Å². The first-order chi connectivity index (χ1) is 14.9. The van der Waals surface area contributed by atoms with Gasteiger partial charge in [0.15, 0.2) is 0 Å². The summed E-state index contributed by atoms with van der Waals surface area (Å²) < 4.78 is 28.5. The summed E-state index contributed by atoms with van der Waals surface area (Å²) in [5, 5.41) is 13.9. The minimum absolute atomic E-state index is 0.0698. The fourth-order valence-corrected chi connectivity index (χ4v) is 5.60. The highest BCUT2D eigenvalue weighted by atomic mass is 32.2. The van der Waals surface area contributed by atoms with Crippen LogP contribution in [-0.4, -0.2) is 36.1 Å². The van der Waals surface area contributed by atoms with Crippen molar-refractivity contribution in [2.45, 2.75) is 26.3 Å². The van der Waals surface area contributed by atoms with Crippen LogP contribution >= 0.6 is 11.3 Å². The van der Waals surface area contributed by atoms with Crippen LogP contribution in [0, 0.1) is 17.0 Å². The highest BCUT2D eigenvalue weighted by Crippen LogP contribution is 2.31. The quantitative estimate of drug-likeness (QED) is 0.410. The summed E-state index contributed by atoms with van der Waals surface area (Å²) in [6, 6.07) is 7.71. The van der Waals surface area contributed by atoms with Crippen molar-refractivity contribution in [3.8, 4) is 0 Å². The summed E-state index contributed by atoms with van der Waals surface area (Å²) in [7, 11) is -2.31. The molecule has 1 N–H and O–H groups in total. The molecule has 3 aromatic rings. The third-order valence-electron chi connectivity index (χ3n) is 5.03. The molecule has 0 saturated carbocycles. The molecule has 1 amide bonds. The van der Waals surface area contributed by atoms with E-state index in [2.05, 4.69) is 5.32 Å². The monoisotopic (exact) mass is 478 g/mol. The van der Waals surface area contributed by atoms with Gasteiger partial charge in [-0.2, -0.15) is 0 Å². The lowest BCUT2D eigenvalue weighted by atomic mass is 10.1. The van der Waals surface area contributed by atoms with Crippen LogP contribution in [0.5, 0.6) is 0 Å². The SMILES string of the molecule is CCC(C(=O)Nc1ccc2c(c1)sc(=O)n2C)N(c1cc([N+](=O)[O-])ccc1C)S(C)(=O)=O. The fraction of sp³-hybridized carbons (Fsp3) is 0.300. The number of amides is 1. The van der Waals surface area contributed by atoms with E-state index in [4.69, 9.17) is 0 Å². The van der Waals surface area contributed by atoms with Crippen molar-refractivity contribution in [2.24, 2.45) is 7.05 Å². The molecule has 1 unspecified atom stereocenters. The largest absolute Gasteiger partial charge is 0.324 e. The summed E-state index contributed by atoms with van der Waals surface area (Å²) >= 11 is 1.03. The molecule has 0 radical (unpaired) electrons. The number of rotatable bonds is 7. The number of aromatic nitrogens is 1. The maximum absolute atomic E-state index is 13.1. The van der Waals surface area contributed by atoms with E-state index in [1.165, 1.54) is 16.7 Å². The van der Waals surface area contributed by atoms with E-state index in [1.807, 2.05) is 0 Å². The van der Waals surface area contributed by atoms with Gasteiger partial charge in [-0.05, 0) is 37.1 Å². The topological polar surface area (TPSA) is 132 Å². The first-order valence-electron chi connectivity index (χ1n) is 9.59. The molecule has 0 aliphatic carbocycles. The molecule has 10 nitrogen and oxygen atoms in total. The van der Waals surface area contributed by atoms with Gasteiger partial charge in [-0.1, -0.05) is 24.3 Å². The van der Waals surface area contributed by atoms with Gasteiger partial charge in [-0.25, -0.2) is 8.42 Å². The summed E-state index contributed by atoms with van der Waals surface area (Å²) in [5.41, 5.74) is 1.39. The molecule has 1 heterocycles. The molecule has 0 fully saturated rings. The van der Waals surface area contributed by atoms with Crippen LogP contribution in [-0.2, 0) is 21.9 Å². The van der Waals surface area contributed by atoms with Crippen molar-refractivity contribution in [1.29, 1.82) is 0 Å². The van der Waals surface area contributed by atoms with Crippen LogP contribution in [0.3, 0.4) is 0 Å². The lowest BCUT2D eigenvalue weighted by molar-refractivity contribution is -0.384. The summed E-state index contributed by atoms with van der Waals surface area (Å²) in [6.45, 7) is 3.27. The maximum Gasteiger partial charge on any atom is 0.307 e. The maximum atomic E-state index is 13.1.